The van der Waals surface area contributed by atoms with E-state index in [1.54, 1.807) is 0 Å². The Labute approximate surface area is 155 Å². The van der Waals surface area contributed by atoms with E-state index >= 15 is 0 Å². The van der Waals surface area contributed by atoms with Crippen LogP contribution >= 0.6 is 0 Å². The minimum Gasteiger partial charge on any atom is -0.396 e. The average molecular weight is 356 g/mol. The highest BCUT2D eigenvalue weighted by molar-refractivity contribution is 5.79. The van der Waals surface area contributed by atoms with E-state index in [0.717, 1.165) is 51.4 Å². The molecule has 0 spiro atoms. The van der Waals surface area contributed by atoms with Gasteiger partial charge in [0.15, 0.2) is 5.96 Å². The average Bonchev–Trinajstić information content (AvgIpc) is 2.59. The van der Waals surface area contributed by atoms with Crippen LogP contribution in [0.25, 0.3) is 0 Å². The number of hydrogen-bond donors (Lipinski definition) is 3. The van der Waals surface area contributed by atoms with Gasteiger partial charge in [0, 0.05) is 59.0 Å². The van der Waals surface area contributed by atoms with Crippen LogP contribution in [0, 0.1) is 11.8 Å². The Hall–Kier alpha value is -0.850. The summed E-state index contributed by atoms with van der Waals surface area (Å²) in [6, 6.07) is 0. The van der Waals surface area contributed by atoms with Gasteiger partial charge in [-0.2, -0.15) is 0 Å². The number of guanidine groups is 1. The number of aliphatic hydroxyl groups excluding tert-OH is 1. The first-order chi connectivity index (χ1) is 12.1. The molecular weight excluding hydrogens is 314 g/mol. The Morgan fingerprint density at radius 1 is 1.12 bits per heavy atom. The highest BCUT2D eigenvalue weighted by Crippen LogP contribution is 2.09. The third-order valence-corrected chi connectivity index (χ3v) is 4.86. The second-order valence-electron chi connectivity index (χ2n) is 7.48. The van der Waals surface area contributed by atoms with Crippen LogP contribution in [0.15, 0.2) is 4.99 Å². The molecule has 0 aliphatic carbocycles. The maximum absolute atomic E-state index is 9.20. The molecule has 6 nitrogen and oxygen atoms in total. The zero-order valence-corrected chi connectivity index (χ0v) is 16.9. The highest BCUT2D eigenvalue weighted by Gasteiger charge is 2.16. The number of aliphatic hydroxyl groups is 1. The second kappa shape index (κ2) is 13.4. The molecule has 1 aliphatic rings. The SMILES string of the molecule is CCCC(CCO)CNC(=NCC(C)CN1CCN(C)CC1)NCC. The number of nitrogens with zero attached hydrogens (tertiary/aromatic N) is 3. The van der Waals surface area contributed by atoms with Gasteiger partial charge in [-0.1, -0.05) is 20.3 Å². The fourth-order valence-corrected chi connectivity index (χ4v) is 3.30. The van der Waals surface area contributed by atoms with E-state index in [2.05, 4.69) is 48.3 Å². The number of nitrogens with one attached hydrogen (secondary N) is 2. The molecule has 25 heavy (non-hydrogen) atoms. The van der Waals surface area contributed by atoms with Gasteiger partial charge in [0.05, 0.1) is 0 Å². The Bertz CT molecular complexity index is 350. The molecule has 0 aromatic carbocycles. The Morgan fingerprint density at radius 3 is 2.44 bits per heavy atom. The molecule has 1 rings (SSSR count). The van der Waals surface area contributed by atoms with Gasteiger partial charge in [0.25, 0.3) is 0 Å². The van der Waals surface area contributed by atoms with Gasteiger partial charge >= 0.3 is 0 Å². The predicted molar refractivity (Wildman–Crippen MR) is 107 cm³/mol. The van der Waals surface area contributed by atoms with E-state index in [9.17, 15) is 5.11 Å². The van der Waals surface area contributed by atoms with Gasteiger partial charge in [-0.15, -0.1) is 0 Å². The van der Waals surface area contributed by atoms with Crippen molar-refractivity contribution in [3.8, 4) is 0 Å². The zero-order chi connectivity index (χ0) is 18.5. The van der Waals surface area contributed by atoms with Crippen LogP contribution < -0.4 is 10.6 Å². The lowest BCUT2D eigenvalue weighted by atomic mass is 10.0. The molecule has 2 unspecified atom stereocenters. The van der Waals surface area contributed by atoms with Crippen LogP contribution in [0.1, 0.15) is 40.0 Å². The summed E-state index contributed by atoms with van der Waals surface area (Å²) in [4.78, 5) is 9.73. The standard InChI is InChI=1S/C19H41N5O/c1-5-7-18(8-13-25)15-22-19(20-6-2)21-14-17(3)16-24-11-9-23(4)10-12-24/h17-18,25H,5-16H2,1-4H3,(H2,20,21,22). The van der Waals surface area contributed by atoms with Crippen molar-refractivity contribution >= 4 is 5.96 Å². The van der Waals surface area contributed by atoms with E-state index in [1.807, 2.05) is 0 Å². The summed E-state index contributed by atoms with van der Waals surface area (Å²) in [5.41, 5.74) is 0. The molecule has 148 valence electrons. The van der Waals surface area contributed by atoms with E-state index in [0.29, 0.717) is 11.8 Å². The molecule has 2 atom stereocenters. The molecule has 1 heterocycles. The number of piperazine rings is 1. The van der Waals surface area contributed by atoms with Crippen LogP contribution in [-0.4, -0.2) is 86.9 Å². The van der Waals surface area contributed by atoms with Gasteiger partial charge in [-0.3, -0.25) is 4.99 Å². The number of hydrogen-bond acceptors (Lipinski definition) is 4. The molecular formula is C19H41N5O. The summed E-state index contributed by atoms with van der Waals surface area (Å²) in [5.74, 6) is 1.98. The molecule has 1 saturated heterocycles. The topological polar surface area (TPSA) is 63.1 Å². The van der Waals surface area contributed by atoms with Crippen molar-refractivity contribution in [3.63, 3.8) is 0 Å². The molecule has 0 radical (unpaired) electrons. The summed E-state index contributed by atoms with van der Waals surface area (Å²) in [6.07, 6.45) is 3.16. The smallest absolute Gasteiger partial charge is 0.191 e. The van der Waals surface area contributed by atoms with Gasteiger partial charge in [0.2, 0.25) is 0 Å². The Kier molecular flexibility index (Phi) is 11.9. The van der Waals surface area contributed by atoms with Gasteiger partial charge in [0.1, 0.15) is 0 Å². The summed E-state index contributed by atoms with van der Waals surface area (Å²) < 4.78 is 0. The quantitative estimate of drug-likeness (QED) is 0.384. The molecule has 0 aromatic rings. The number of aliphatic imine (C=N–C) groups is 1. The summed E-state index contributed by atoms with van der Waals surface area (Å²) in [6.45, 7) is 15.3. The maximum Gasteiger partial charge on any atom is 0.191 e. The predicted octanol–water partition coefficient (Wildman–Crippen LogP) is 1.22. The van der Waals surface area contributed by atoms with Crippen LogP contribution in [0.2, 0.25) is 0 Å². The summed E-state index contributed by atoms with van der Waals surface area (Å²) in [7, 11) is 2.20. The minimum absolute atomic E-state index is 0.266. The van der Waals surface area contributed by atoms with E-state index in [4.69, 9.17) is 4.99 Å². The minimum atomic E-state index is 0.266. The molecule has 1 fully saturated rings. The Balaban J connectivity index is 2.39. The van der Waals surface area contributed by atoms with Crippen molar-refractivity contribution in [1.29, 1.82) is 0 Å². The molecule has 0 saturated carbocycles. The fourth-order valence-electron chi connectivity index (χ4n) is 3.30. The molecule has 1 aliphatic heterocycles. The maximum atomic E-state index is 9.20. The highest BCUT2D eigenvalue weighted by atomic mass is 16.3. The van der Waals surface area contributed by atoms with Crippen molar-refractivity contribution in [2.75, 3.05) is 66.0 Å². The molecule has 0 bridgehead atoms. The van der Waals surface area contributed by atoms with E-state index < -0.39 is 0 Å². The van der Waals surface area contributed by atoms with Gasteiger partial charge in [-0.25, -0.2) is 0 Å². The zero-order valence-electron chi connectivity index (χ0n) is 16.9. The number of likely N-dealkylation sites (N-methyl/N-ethyl adjacent to an activating group) is 1. The van der Waals surface area contributed by atoms with Gasteiger partial charge in [-0.05, 0) is 38.6 Å². The van der Waals surface area contributed by atoms with Crippen LogP contribution in [0.5, 0.6) is 0 Å². The van der Waals surface area contributed by atoms with Crippen LogP contribution in [0.4, 0.5) is 0 Å². The lowest BCUT2D eigenvalue weighted by molar-refractivity contribution is 0.140. The van der Waals surface area contributed by atoms with Crippen molar-refractivity contribution < 1.29 is 5.11 Å². The first-order valence-electron chi connectivity index (χ1n) is 10.1. The first-order valence-corrected chi connectivity index (χ1v) is 10.1. The molecule has 0 aromatic heterocycles. The monoisotopic (exact) mass is 355 g/mol. The lowest BCUT2D eigenvalue weighted by Crippen LogP contribution is -2.46. The molecule has 6 heteroatoms. The van der Waals surface area contributed by atoms with Crippen molar-refractivity contribution in [1.82, 2.24) is 20.4 Å². The van der Waals surface area contributed by atoms with Crippen LogP contribution in [-0.2, 0) is 0 Å². The third-order valence-electron chi connectivity index (χ3n) is 4.86. The Morgan fingerprint density at radius 2 is 1.84 bits per heavy atom. The van der Waals surface area contributed by atoms with Gasteiger partial charge < -0.3 is 25.5 Å². The second-order valence-corrected chi connectivity index (χ2v) is 7.48. The summed E-state index contributed by atoms with van der Waals surface area (Å²) >= 11 is 0. The molecule has 0 amide bonds. The normalized spacial score (nSPS) is 19.6. The van der Waals surface area contributed by atoms with E-state index in [1.165, 1.54) is 26.2 Å². The lowest BCUT2D eigenvalue weighted by Gasteiger charge is -2.33. The number of rotatable bonds is 11. The third kappa shape index (κ3) is 10.0. The first kappa shape index (κ1) is 22.2. The van der Waals surface area contributed by atoms with Crippen molar-refractivity contribution in [3.05, 3.63) is 0 Å². The van der Waals surface area contributed by atoms with Crippen molar-refractivity contribution in [2.45, 2.75) is 40.0 Å². The van der Waals surface area contributed by atoms with Crippen molar-refractivity contribution in [2.24, 2.45) is 16.8 Å². The van der Waals surface area contributed by atoms with Crippen LogP contribution in [0.3, 0.4) is 0 Å². The fraction of sp³-hybridized carbons (Fsp3) is 0.947. The largest absolute Gasteiger partial charge is 0.396 e. The molecule has 3 N–H and O–H groups in total. The van der Waals surface area contributed by atoms with E-state index in [-0.39, 0.29) is 6.61 Å². The summed E-state index contributed by atoms with van der Waals surface area (Å²) in [5, 5.41) is 16.0.